The van der Waals surface area contributed by atoms with E-state index in [9.17, 15) is 4.79 Å². The Balaban J connectivity index is 1.64. The molecule has 2 N–H and O–H groups in total. The molecule has 1 saturated heterocycles. The summed E-state index contributed by atoms with van der Waals surface area (Å²) in [5.41, 5.74) is 3.06. The van der Waals surface area contributed by atoms with Gasteiger partial charge in [-0.2, -0.15) is 0 Å². The van der Waals surface area contributed by atoms with E-state index in [-0.39, 0.29) is 18.1 Å². The van der Waals surface area contributed by atoms with Crippen molar-refractivity contribution in [2.45, 2.75) is 25.0 Å². The largest absolute Gasteiger partial charge is 0.375 e. The molecule has 6 nitrogen and oxygen atoms in total. The zero-order valence-electron chi connectivity index (χ0n) is 16.1. The molecule has 1 unspecified atom stereocenters. The zero-order chi connectivity index (χ0) is 19.4. The molecule has 2 aliphatic rings. The summed E-state index contributed by atoms with van der Waals surface area (Å²) in [6.07, 6.45) is 0.817. The average molecular weight is 378 g/mol. The van der Waals surface area contributed by atoms with Crippen molar-refractivity contribution in [2.24, 2.45) is 4.99 Å². The molecule has 0 bridgehead atoms. The van der Waals surface area contributed by atoms with Gasteiger partial charge >= 0.3 is 0 Å². The van der Waals surface area contributed by atoms with E-state index in [4.69, 9.17) is 9.73 Å². The Morgan fingerprint density at radius 2 is 1.96 bits per heavy atom. The van der Waals surface area contributed by atoms with Crippen molar-refractivity contribution in [1.82, 2.24) is 10.2 Å². The summed E-state index contributed by atoms with van der Waals surface area (Å²) in [5, 5.41) is 7.27. The van der Waals surface area contributed by atoms with Crippen LogP contribution in [-0.2, 0) is 22.6 Å². The van der Waals surface area contributed by atoms with Crippen LogP contribution in [0.3, 0.4) is 0 Å². The van der Waals surface area contributed by atoms with Gasteiger partial charge in [-0.15, -0.1) is 0 Å². The zero-order valence-corrected chi connectivity index (χ0v) is 16.1. The van der Waals surface area contributed by atoms with Gasteiger partial charge in [0.2, 0.25) is 5.91 Å². The van der Waals surface area contributed by atoms with E-state index in [1.54, 1.807) is 7.11 Å². The number of carbonyl (C=O) groups excluding carboxylic acids is 1. The van der Waals surface area contributed by atoms with Crippen molar-refractivity contribution in [3.05, 3.63) is 65.7 Å². The molecule has 1 amide bonds. The normalized spacial score (nSPS) is 22.8. The van der Waals surface area contributed by atoms with Gasteiger partial charge in [0.05, 0.1) is 12.1 Å². The predicted octanol–water partition coefficient (Wildman–Crippen LogP) is 2.42. The van der Waals surface area contributed by atoms with Crippen LogP contribution in [0.25, 0.3) is 0 Å². The lowest BCUT2D eigenvalue weighted by atomic mass is 9.96. The van der Waals surface area contributed by atoms with E-state index in [0.29, 0.717) is 19.6 Å². The fraction of sp³-hybridized carbons (Fsp3) is 0.364. The molecule has 2 aliphatic heterocycles. The number of nitrogens with one attached hydrogen (secondary N) is 2. The van der Waals surface area contributed by atoms with Crippen molar-refractivity contribution in [1.29, 1.82) is 0 Å². The second-order valence-electron chi connectivity index (χ2n) is 7.37. The third kappa shape index (κ3) is 3.79. The lowest BCUT2D eigenvalue weighted by molar-refractivity contribution is -0.134. The number of para-hydroxylation sites is 1. The Bertz CT molecular complexity index is 868. The molecule has 2 aromatic carbocycles. The Morgan fingerprint density at radius 3 is 2.79 bits per heavy atom. The number of hydrogen-bond donors (Lipinski definition) is 2. The summed E-state index contributed by atoms with van der Waals surface area (Å²) >= 11 is 0. The Kier molecular flexibility index (Phi) is 5.41. The van der Waals surface area contributed by atoms with E-state index < -0.39 is 0 Å². The van der Waals surface area contributed by atoms with Crippen LogP contribution in [0, 0.1) is 0 Å². The highest BCUT2D eigenvalue weighted by Crippen LogP contribution is 2.30. The van der Waals surface area contributed by atoms with Gasteiger partial charge in [-0.05, 0) is 23.6 Å². The van der Waals surface area contributed by atoms with E-state index in [2.05, 4.69) is 34.9 Å². The molecule has 1 spiro atoms. The van der Waals surface area contributed by atoms with Crippen LogP contribution < -0.4 is 10.6 Å². The summed E-state index contributed by atoms with van der Waals surface area (Å²) in [6, 6.07) is 18.5. The molecule has 4 rings (SSSR count). The highest BCUT2D eigenvalue weighted by atomic mass is 16.5. The summed E-state index contributed by atoms with van der Waals surface area (Å²) < 4.78 is 5.04. The van der Waals surface area contributed by atoms with Gasteiger partial charge in [0.1, 0.15) is 12.4 Å². The van der Waals surface area contributed by atoms with Crippen LogP contribution in [0.2, 0.25) is 0 Å². The summed E-state index contributed by atoms with van der Waals surface area (Å²) in [4.78, 5) is 19.2. The molecule has 0 radical (unpaired) electrons. The third-order valence-corrected chi connectivity index (χ3v) is 5.49. The molecule has 28 heavy (non-hydrogen) atoms. The van der Waals surface area contributed by atoms with Crippen LogP contribution in [0.15, 0.2) is 59.6 Å². The van der Waals surface area contributed by atoms with Crippen LogP contribution in [0.4, 0.5) is 5.69 Å². The highest BCUT2D eigenvalue weighted by molar-refractivity contribution is 6.04. The van der Waals surface area contributed by atoms with Crippen molar-refractivity contribution in [2.75, 3.05) is 32.1 Å². The molecule has 2 heterocycles. The number of hydrogen-bond acceptors (Lipinski definition) is 4. The highest BCUT2D eigenvalue weighted by Gasteiger charge is 2.45. The minimum absolute atomic E-state index is 0.0188. The molecule has 146 valence electrons. The number of amidine groups is 1. The maximum Gasteiger partial charge on any atom is 0.248 e. The number of carbonyl (C=O) groups is 1. The van der Waals surface area contributed by atoms with Crippen molar-refractivity contribution >= 4 is 17.4 Å². The number of fused-ring (bicyclic) bond motifs is 1. The van der Waals surface area contributed by atoms with Crippen LogP contribution in [-0.4, -0.2) is 49.0 Å². The minimum atomic E-state index is -0.378. The van der Waals surface area contributed by atoms with Gasteiger partial charge in [-0.1, -0.05) is 48.5 Å². The van der Waals surface area contributed by atoms with Crippen LogP contribution in [0.5, 0.6) is 0 Å². The molecule has 2 aromatic rings. The average Bonchev–Trinajstić information content (AvgIpc) is 3.10. The smallest absolute Gasteiger partial charge is 0.248 e. The second kappa shape index (κ2) is 8.12. The van der Waals surface area contributed by atoms with Gasteiger partial charge < -0.3 is 15.0 Å². The topological polar surface area (TPSA) is 66.0 Å². The van der Waals surface area contributed by atoms with Gasteiger partial charge in [-0.3, -0.25) is 15.1 Å². The first-order chi connectivity index (χ1) is 13.7. The number of rotatable bonds is 4. The summed E-state index contributed by atoms with van der Waals surface area (Å²) in [6.45, 7) is 2.72. The number of nitrogens with zero attached hydrogens (tertiary/aromatic N) is 2. The number of anilines is 1. The van der Waals surface area contributed by atoms with E-state index in [1.807, 2.05) is 35.2 Å². The number of benzene rings is 2. The lowest BCUT2D eigenvalue weighted by Gasteiger charge is -2.30. The molecule has 0 aliphatic carbocycles. The van der Waals surface area contributed by atoms with E-state index in [0.717, 1.165) is 30.1 Å². The standard InChI is InChI=1S/C22H26N4O2/c1-28-15-20(27)26-12-11-22(16-26)21(23-13-17-7-3-2-4-8-17)25-19-10-6-5-9-18(19)14-24-22/h2-10,24H,11-16H2,1H3,(H,23,25). The quantitative estimate of drug-likeness (QED) is 0.858. The van der Waals surface area contributed by atoms with Crippen LogP contribution in [0.1, 0.15) is 17.5 Å². The first-order valence-electron chi connectivity index (χ1n) is 9.66. The number of aliphatic imine (C=N–C) groups is 1. The second-order valence-corrected chi connectivity index (χ2v) is 7.37. The van der Waals surface area contributed by atoms with Gasteiger partial charge in [0.15, 0.2) is 0 Å². The summed E-state index contributed by atoms with van der Waals surface area (Å²) in [7, 11) is 1.55. The number of likely N-dealkylation sites (tertiary alicyclic amines) is 1. The molecular weight excluding hydrogens is 352 g/mol. The SMILES string of the molecule is COCC(=O)N1CCC2(C1)NCc1ccccc1NC2=NCc1ccccc1. The van der Waals surface area contributed by atoms with Crippen LogP contribution >= 0.6 is 0 Å². The van der Waals surface area contributed by atoms with Gasteiger partial charge in [0.25, 0.3) is 0 Å². The monoisotopic (exact) mass is 378 g/mol. The van der Waals surface area contributed by atoms with Gasteiger partial charge in [0, 0.05) is 32.4 Å². The Hall–Kier alpha value is -2.70. The van der Waals surface area contributed by atoms with E-state index >= 15 is 0 Å². The fourth-order valence-corrected chi connectivity index (χ4v) is 3.91. The molecule has 1 atom stereocenters. The molecule has 0 aromatic heterocycles. The lowest BCUT2D eigenvalue weighted by Crippen LogP contribution is -2.55. The Morgan fingerprint density at radius 1 is 1.18 bits per heavy atom. The fourth-order valence-electron chi connectivity index (χ4n) is 3.91. The number of ether oxygens (including phenoxy) is 1. The van der Waals surface area contributed by atoms with Crippen molar-refractivity contribution in [3.63, 3.8) is 0 Å². The van der Waals surface area contributed by atoms with Crippen molar-refractivity contribution < 1.29 is 9.53 Å². The predicted molar refractivity (Wildman–Crippen MR) is 110 cm³/mol. The Labute approximate surface area is 165 Å². The third-order valence-electron chi connectivity index (χ3n) is 5.49. The van der Waals surface area contributed by atoms with E-state index in [1.165, 1.54) is 5.56 Å². The number of amides is 1. The maximum atomic E-state index is 12.4. The minimum Gasteiger partial charge on any atom is -0.375 e. The van der Waals surface area contributed by atoms with Gasteiger partial charge in [-0.25, -0.2) is 0 Å². The molecular formula is C22H26N4O2. The summed E-state index contributed by atoms with van der Waals surface area (Å²) in [5.74, 6) is 0.916. The van der Waals surface area contributed by atoms with Crippen molar-refractivity contribution in [3.8, 4) is 0 Å². The molecule has 1 fully saturated rings. The first-order valence-corrected chi connectivity index (χ1v) is 9.66. The maximum absolute atomic E-state index is 12.4. The first kappa shape index (κ1) is 18.7. The number of methoxy groups -OCH3 is 1. The molecule has 6 heteroatoms. The molecule has 0 saturated carbocycles.